The van der Waals surface area contributed by atoms with Crippen molar-refractivity contribution < 1.29 is 24.9 Å². The van der Waals surface area contributed by atoms with Crippen molar-refractivity contribution in [3.05, 3.63) is 102 Å². The SMILES string of the molecule is CN(CC(O)c1cccc(O)c1)C(=O)Oc1cnc(N(CCO)Cc2ccccc2)nc1-c1ccccc1. The number of carbonyl (C=O) groups is 1. The second-order valence-corrected chi connectivity index (χ2v) is 8.74. The monoisotopic (exact) mass is 514 g/mol. The second-order valence-electron chi connectivity index (χ2n) is 8.74. The molecule has 9 nitrogen and oxygen atoms in total. The number of aliphatic hydroxyl groups excluding tert-OH is 2. The first-order chi connectivity index (χ1) is 18.4. The van der Waals surface area contributed by atoms with Crippen molar-refractivity contribution in [1.29, 1.82) is 0 Å². The van der Waals surface area contributed by atoms with Gasteiger partial charge in [0.05, 0.1) is 25.5 Å². The Kier molecular flexibility index (Phi) is 8.86. The highest BCUT2D eigenvalue weighted by molar-refractivity contribution is 5.75. The summed E-state index contributed by atoms with van der Waals surface area (Å²) in [5.74, 6) is 0.570. The van der Waals surface area contributed by atoms with Crippen molar-refractivity contribution >= 4 is 12.0 Å². The highest BCUT2D eigenvalue weighted by Crippen LogP contribution is 2.30. The molecule has 38 heavy (non-hydrogen) atoms. The Bertz CT molecular complexity index is 1340. The van der Waals surface area contributed by atoms with E-state index in [0.717, 1.165) is 11.1 Å². The summed E-state index contributed by atoms with van der Waals surface area (Å²) in [5.41, 5.74) is 2.66. The average molecular weight is 515 g/mol. The number of phenolic OH excluding ortho intramolecular Hbond substituents is 1. The molecule has 0 aliphatic heterocycles. The van der Waals surface area contributed by atoms with Crippen LogP contribution in [0.2, 0.25) is 0 Å². The van der Waals surface area contributed by atoms with E-state index in [1.54, 1.807) is 12.1 Å². The number of nitrogens with zero attached hydrogens (tertiary/aromatic N) is 4. The molecule has 0 fully saturated rings. The summed E-state index contributed by atoms with van der Waals surface area (Å²) < 4.78 is 5.67. The van der Waals surface area contributed by atoms with Crippen LogP contribution in [0.15, 0.2) is 91.1 Å². The fourth-order valence-electron chi connectivity index (χ4n) is 3.91. The molecule has 196 valence electrons. The third-order valence-electron chi connectivity index (χ3n) is 5.87. The van der Waals surface area contributed by atoms with Gasteiger partial charge in [-0.25, -0.2) is 14.8 Å². The van der Waals surface area contributed by atoms with Gasteiger partial charge < -0.3 is 29.9 Å². The predicted octanol–water partition coefficient (Wildman–Crippen LogP) is 4.01. The Hall–Kier alpha value is -4.47. The molecule has 0 radical (unpaired) electrons. The van der Waals surface area contributed by atoms with Gasteiger partial charge in [0, 0.05) is 25.7 Å². The Morgan fingerprint density at radius 3 is 2.39 bits per heavy atom. The van der Waals surface area contributed by atoms with Gasteiger partial charge in [0.15, 0.2) is 5.75 Å². The molecular weight excluding hydrogens is 484 g/mol. The van der Waals surface area contributed by atoms with Crippen LogP contribution in [-0.4, -0.2) is 63.0 Å². The minimum atomic E-state index is -1.02. The molecule has 1 unspecified atom stereocenters. The Morgan fingerprint density at radius 1 is 1.00 bits per heavy atom. The van der Waals surface area contributed by atoms with Crippen molar-refractivity contribution in [1.82, 2.24) is 14.9 Å². The zero-order valence-electron chi connectivity index (χ0n) is 21.0. The Labute approximate surface area is 221 Å². The minimum Gasteiger partial charge on any atom is -0.508 e. The van der Waals surface area contributed by atoms with Crippen LogP contribution in [0.1, 0.15) is 17.2 Å². The number of amides is 1. The molecule has 9 heteroatoms. The molecule has 0 saturated heterocycles. The van der Waals surface area contributed by atoms with Gasteiger partial charge in [0.25, 0.3) is 0 Å². The van der Waals surface area contributed by atoms with Crippen LogP contribution in [-0.2, 0) is 6.54 Å². The number of anilines is 1. The third-order valence-corrected chi connectivity index (χ3v) is 5.87. The zero-order valence-corrected chi connectivity index (χ0v) is 21.0. The Morgan fingerprint density at radius 2 is 1.71 bits per heavy atom. The van der Waals surface area contributed by atoms with Crippen molar-refractivity contribution in [2.24, 2.45) is 0 Å². The Balaban J connectivity index is 1.57. The van der Waals surface area contributed by atoms with Crippen molar-refractivity contribution in [2.45, 2.75) is 12.6 Å². The van der Waals surface area contributed by atoms with Crippen molar-refractivity contribution in [3.8, 4) is 22.8 Å². The van der Waals surface area contributed by atoms with E-state index < -0.39 is 12.2 Å². The summed E-state index contributed by atoms with van der Waals surface area (Å²) in [6, 6.07) is 25.3. The van der Waals surface area contributed by atoms with E-state index >= 15 is 0 Å². The minimum absolute atomic E-state index is 0.0269. The van der Waals surface area contributed by atoms with E-state index in [2.05, 4.69) is 4.98 Å². The number of hydrogen-bond acceptors (Lipinski definition) is 8. The van der Waals surface area contributed by atoms with Crippen LogP contribution in [0, 0.1) is 0 Å². The summed E-state index contributed by atoms with van der Waals surface area (Å²) >= 11 is 0. The van der Waals surface area contributed by atoms with Gasteiger partial charge in [-0.2, -0.15) is 0 Å². The molecule has 1 aromatic heterocycles. The summed E-state index contributed by atoms with van der Waals surface area (Å²) in [6.45, 7) is 0.672. The highest BCUT2D eigenvalue weighted by atomic mass is 16.6. The lowest BCUT2D eigenvalue weighted by molar-refractivity contribution is 0.112. The second kappa shape index (κ2) is 12.7. The number of ether oxygens (including phenoxy) is 1. The largest absolute Gasteiger partial charge is 0.508 e. The van der Waals surface area contributed by atoms with E-state index in [0.29, 0.717) is 30.3 Å². The van der Waals surface area contributed by atoms with Crippen LogP contribution in [0.3, 0.4) is 0 Å². The number of aromatic hydroxyl groups is 1. The molecule has 0 spiro atoms. The normalized spacial score (nSPS) is 11.6. The number of benzene rings is 3. The van der Waals surface area contributed by atoms with Crippen LogP contribution in [0.5, 0.6) is 11.5 Å². The van der Waals surface area contributed by atoms with Crippen LogP contribution < -0.4 is 9.64 Å². The fourth-order valence-corrected chi connectivity index (χ4v) is 3.91. The van der Waals surface area contributed by atoms with Gasteiger partial charge in [0.1, 0.15) is 11.4 Å². The number of rotatable bonds is 10. The predicted molar refractivity (Wildman–Crippen MR) is 144 cm³/mol. The number of likely N-dealkylation sites (N-methyl/N-ethyl adjacent to an activating group) is 1. The zero-order chi connectivity index (χ0) is 26.9. The molecule has 3 N–H and O–H groups in total. The maximum absolute atomic E-state index is 12.9. The van der Waals surface area contributed by atoms with E-state index in [-0.39, 0.29) is 24.7 Å². The lowest BCUT2D eigenvalue weighted by Gasteiger charge is -2.24. The molecular formula is C29H30N4O5. The highest BCUT2D eigenvalue weighted by Gasteiger charge is 2.21. The van der Waals surface area contributed by atoms with Gasteiger partial charge in [-0.3, -0.25) is 0 Å². The first kappa shape index (κ1) is 26.6. The van der Waals surface area contributed by atoms with Gasteiger partial charge in [-0.15, -0.1) is 0 Å². The molecule has 0 bridgehead atoms. The van der Waals surface area contributed by atoms with Gasteiger partial charge >= 0.3 is 6.09 Å². The maximum atomic E-state index is 12.9. The van der Waals surface area contributed by atoms with Crippen LogP contribution in [0.25, 0.3) is 11.3 Å². The van der Waals surface area contributed by atoms with Gasteiger partial charge in [-0.1, -0.05) is 72.8 Å². The van der Waals surface area contributed by atoms with Crippen molar-refractivity contribution in [2.75, 3.05) is 31.6 Å². The van der Waals surface area contributed by atoms with E-state index in [1.807, 2.05) is 65.6 Å². The van der Waals surface area contributed by atoms with Crippen LogP contribution in [0.4, 0.5) is 10.7 Å². The average Bonchev–Trinajstić information content (AvgIpc) is 2.94. The summed E-state index contributed by atoms with van der Waals surface area (Å²) in [7, 11) is 1.51. The molecule has 0 aliphatic rings. The van der Waals surface area contributed by atoms with E-state index in [1.165, 1.54) is 30.3 Å². The smallest absolute Gasteiger partial charge is 0.415 e. The summed E-state index contributed by atoms with van der Waals surface area (Å²) in [4.78, 5) is 25.2. The molecule has 1 heterocycles. The van der Waals surface area contributed by atoms with Gasteiger partial charge in [0.2, 0.25) is 5.95 Å². The number of phenols is 1. The first-order valence-electron chi connectivity index (χ1n) is 12.2. The van der Waals surface area contributed by atoms with Crippen LogP contribution >= 0.6 is 0 Å². The van der Waals surface area contributed by atoms with E-state index in [9.17, 15) is 20.1 Å². The summed E-state index contributed by atoms with van der Waals surface area (Å²) in [6.07, 6.45) is -0.275. The number of hydrogen-bond donors (Lipinski definition) is 3. The molecule has 1 atom stereocenters. The van der Waals surface area contributed by atoms with Crippen molar-refractivity contribution in [3.63, 3.8) is 0 Å². The molecule has 0 saturated carbocycles. The summed E-state index contributed by atoms with van der Waals surface area (Å²) in [5, 5.41) is 29.8. The number of aliphatic hydroxyl groups is 2. The first-order valence-corrected chi connectivity index (χ1v) is 12.2. The number of carbonyl (C=O) groups excluding carboxylic acids is 1. The molecule has 4 aromatic rings. The lowest BCUT2D eigenvalue weighted by atomic mass is 10.1. The number of aromatic nitrogens is 2. The quantitative estimate of drug-likeness (QED) is 0.290. The fraction of sp³-hybridized carbons (Fsp3) is 0.207. The lowest BCUT2D eigenvalue weighted by Crippen LogP contribution is -2.33. The van der Waals surface area contributed by atoms with E-state index in [4.69, 9.17) is 9.72 Å². The van der Waals surface area contributed by atoms with Gasteiger partial charge in [-0.05, 0) is 23.3 Å². The molecule has 0 aliphatic carbocycles. The standard InChI is InChI=1S/C29H30N4O5/c1-32(20-25(36)23-13-8-14-24(35)17-23)29(37)38-26-18-30-28(31-27(26)22-11-6-3-7-12-22)33(15-16-34)19-21-9-4-2-5-10-21/h2-14,17-18,25,34-36H,15-16,19-20H2,1H3. The molecule has 4 rings (SSSR count). The third kappa shape index (κ3) is 6.84. The topological polar surface area (TPSA) is 119 Å². The molecule has 3 aromatic carbocycles. The maximum Gasteiger partial charge on any atom is 0.415 e. The molecule has 1 amide bonds.